The second kappa shape index (κ2) is 11.5. The van der Waals surface area contributed by atoms with Gasteiger partial charge in [0.1, 0.15) is 11.4 Å². The molecule has 2 aromatic rings. The lowest BCUT2D eigenvalue weighted by atomic mass is 9.84. The van der Waals surface area contributed by atoms with E-state index < -0.39 is 11.7 Å². The molecule has 1 aromatic carbocycles. The van der Waals surface area contributed by atoms with Crippen molar-refractivity contribution in [3.8, 4) is 5.75 Å². The molecule has 1 aliphatic heterocycles. The number of carbonyl (C=O) groups is 3. The number of rotatable bonds is 6. The molecule has 3 N–H and O–H groups in total. The number of methoxy groups -OCH3 is 1. The van der Waals surface area contributed by atoms with E-state index in [-0.39, 0.29) is 30.4 Å². The van der Waals surface area contributed by atoms with Crippen molar-refractivity contribution in [2.45, 2.75) is 85.0 Å². The summed E-state index contributed by atoms with van der Waals surface area (Å²) in [6.45, 7) is 9.93. The van der Waals surface area contributed by atoms with Gasteiger partial charge in [0.15, 0.2) is 0 Å². The molecule has 0 saturated heterocycles. The maximum Gasteiger partial charge on any atom is 0.407 e. The van der Waals surface area contributed by atoms with E-state index >= 15 is 0 Å². The third-order valence-corrected chi connectivity index (χ3v) is 7.28. The average molecular weight is 538 g/mol. The Labute approximate surface area is 229 Å². The Morgan fingerprint density at radius 3 is 2.51 bits per heavy atom. The number of alkyl carbamates (subject to hydrolysis) is 1. The molecule has 210 valence electrons. The fraction of sp³-hybridized carbons (Fsp3) is 0.517. The standard InChI is InChI=1S/C29H39N5O5/c1-17-7-10-20(13-24(17)38-6)32-26(35)19-8-11-21(12-9-19)34-16-22-18(2)14-30-23(25(22)33-27(34)36)15-31-28(37)39-29(3,4)5/h7,10,13-14,19,21H,8-9,11-12,15-16H2,1-6H3,(H,31,37)(H,32,35)(H,33,36). The van der Waals surface area contributed by atoms with Crippen LogP contribution in [0.3, 0.4) is 0 Å². The first-order valence-corrected chi connectivity index (χ1v) is 13.4. The van der Waals surface area contributed by atoms with Gasteiger partial charge < -0.3 is 30.3 Å². The molecular formula is C29H39N5O5. The Kier molecular flexibility index (Phi) is 8.32. The van der Waals surface area contributed by atoms with Crippen molar-refractivity contribution in [2.24, 2.45) is 5.92 Å². The number of hydrogen-bond acceptors (Lipinski definition) is 6. The molecule has 4 amide bonds. The van der Waals surface area contributed by atoms with Crippen molar-refractivity contribution in [3.05, 3.63) is 46.8 Å². The molecule has 0 spiro atoms. The van der Waals surface area contributed by atoms with Crippen molar-refractivity contribution in [3.63, 3.8) is 0 Å². The molecule has 0 unspecified atom stereocenters. The first-order chi connectivity index (χ1) is 18.4. The summed E-state index contributed by atoms with van der Waals surface area (Å²) in [5.74, 6) is 0.629. The van der Waals surface area contributed by atoms with E-state index in [1.54, 1.807) is 34.1 Å². The molecule has 0 bridgehead atoms. The quantitative estimate of drug-likeness (QED) is 0.461. The summed E-state index contributed by atoms with van der Waals surface area (Å²) in [5.41, 5.74) is 4.31. The molecule has 0 atom stereocenters. The molecule has 2 heterocycles. The Morgan fingerprint density at radius 2 is 1.85 bits per heavy atom. The van der Waals surface area contributed by atoms with Crippen LogP contribution in [0.1, 0.15) is 68.8 Å². The van der Waals surface area contributed by atoms with Crippen LogP contribution in [0.25, 0.3) is 0 Å². The second-order valence-electron chi connectivity index (χ2n) is 11.3. The van der Waals surface area contributed by atoms with Gasteiger partial charge in [0.2, 0.25) is 5.91 Å². The fourth-order valence-electron chi connectivity index (χ4n) is 5.15. The minimum Gasteiger partial charge on any atom is -0.496 e. The van der Waals surface area contributed by atoms with Gasteiger partial charge in [-0.2, -0.15) is 0 Å². The number of benzene rings is 1. The van der Waals surface area contributed by atoms with Gasteiger partial charge >= 0.3 is 12.1 Å². The highest BCUT2D eigenvalue weighted by Crippen LogP contribution is 2.35. The number of carbonyl (C=O) groups excluding carboxylic acids is 3. The largest absolute Gasteiger partial charge is 0.496 e. The third-order valence-electron chi connectivity index (χ3n) is 7.28. The van der Waals surface area contributed by atoms with E-state index in [0.717, 1.165) is 41.0 Å². The summed E-state index contributed by atoms with van der Waals surface area (Å²) in [4.78, 5) is 44.5. The summed E-state index contributed by atoms with van der Waals surface area (Å²) in [7, 11) is 1.62. The van der Waals surface area contributed by atoms with E-state index in [4.69, 9.17) is 9.47 Å². The first-order valence-electron chi connectivity index (χ1n) is 13.4. The summed E-state index contributed by atoms with van der Waals surface area (Å²) in [5, 5.41) is 8.75. The van der Waals surface area contributed by atoms with Crippen LogP contribution in [0.5, 0.6) is 5.75 Å². The van der Waals surface area contributed by atoms with Gasteiger partial charge in [-0.1, -0.05) is 6.07 Å². The number of nitrogens with one attached hydrogen (secondary N) is 3. The Bertz CT molecular complexity index is 1250. The number of nitrogens with zero attached hydrogens (tertiary/aromatic N) is 2. The maximum absolute atomic E-state index is 13.2. The molecule has 10 nitrogen and oxygen atoms in total. The molecule has 1 aromatic heterocycles. The van der Waals surface area contributed by atoms with E-state index in [2.05, 4.69) is 20.9 Å². The Balaban J connectivity index is 1.36. The third kappa shape index (κ3) is 6.79. The molecule has 1 saturated carbocycles. The van der Waals surface area contributed by atoms with E-state index in [0.29, 0.717) is 30.8 Å². The number of pyridine rings is 1. The smallest absolute Gasteiger partial charge is 0.407 e. The topological polar surface area (TPSA) is 122 Å². The van der Waals surface area contributed by atoms with Crippen molar-refractivity contribution < 1.29 is 23.9 Å². The van der Waals surface area contributed by atoms with Crippen LogP contribution in [0.15, 0.2) is 24.4 Å². The lowest BCUT2D eigenvalue weighted by Crippen LogP contribution is -2.48. The first kappa shape index (κ1) is 28.2. The number of amides is 4. The van der Waals surface area contributed by atoms with Crippen molar-refractivity contribution in [1.29, 1.82) is 0 Å². The minimum atomic E-state index is -0.604. The van der Waals surface area contributed by atoms with Gasteiger partial charge in [0.25, 0.3) is 0 Å². The van der Waals surface area contributed by atoms with Crippen molar-refractivity contribution >= 4 is 29.4 Å². The molecule has 4 rings (SSSR count). The van der Waals surface area contributed by atoms with Crippen LogP contribution in [-0.4, -0.2) is 46.7 Å². The zero-order chi connectivity index (χ0) is 28.3. The predicted octanol–water partition coefficient (Wildman–Crippen LogP) is 5.28. The summed E-state index contributed by atoms with van der Waals surface area (Å²) < 4.78 is 10.7. The molecule has 10 heteroatoms. The van der Waals surface area contributed by atoms with E-state index in [1.165, 1.54) is 0 Å². The van der Waals surface area contributed by atoms with Gasteiger partial charge in [-0.25, -0.2) is 9.59 Å². The van der Waals surface area contributed by atoms with Crippen LogP contribution in [0, 0.1) is 19.8 Å². The van der Waals surface area contributed by atoms with Crippen LogP contribution in [-0.2, 0) is 22.6 Å². The molecule has 39 heavy (non-hydrogen) atoms. The monoisotopic (exact) mass is 537 g/mol. The molecule has 1 aliphatic carbocycles. The van der Waals surface area contributed by atoms with Crippen LogP contribution >= 0.6 is 0 Å². The van der Waals surface area contributed by atoms with Gasteiger partial charge in [0, 0.05) is 35.5 Å². The average Bonchev–Trinajstić information content (AvgIpc) is 2.88. The summed E-state index contributed by atoms with van der Waals surface area (Å²) in [6, 6.07) is 5.49. The normalized spacial score (nSPS) is 19.0. The highest BCUT2D eigenvalue weighted by Gasteiger charge is 2.35. The van der Waals surface area contributed by atoms with Gasteiger partial charge in [-0.15, -0.1) is 0 Å². The molecule has 1 fully saturated rings. The maximum atomic E-state index is 13.2. The highest BCUT2D eigenvalue weighted by atomic mass is 16.6. The lowest BCUT2D eigenvalue weighted by Gasteiger charge is -2.40. The number of anilines is 2. The number of hydrogen-bond donors (Lipinski definition) is 3. The van der Waals surface area contributed by atoms with Crippen LogP contribution in [0.2, 0.25) is 0 Å². The van der Waals surface area contributed by atoms with Gasteiger partial charge in [-0.3, -0.25) is 9.78 Å². The fourth-order valence-corrected chi connectivity index (χ4v) is 5.15. The predicted molar refractivity (Wildman–Crippen MR) is 149 cm³/mol. The summed E-state index contributed by atoms with van der Waals surface area (Å²) >= 11 is 0. The molecular weight excluding hydrogens is 498 g/mol. The second-order valence-corrected chi connectivity index (χ2v) is 11.3. The summed E-state index contributed by atoms with van der Waals surface area (Å²) in [6.07, 6.45) is 4.13. The Hall–Kier alpha value is -3.82. The SMILES string of the molecule is COc1cc(NC(=O)C2CCC(N3Cc4c(C)cnc(CNC(=O)OC(C)(C)C)c4NC3=O)CC2)ccc1C. The lowest BCUT2D eigenvalue weighted by molar-refractivity contribution is -0.121. The van der Waals surface area contributed by atoms with Gasteiger partial charge in [0.05, 0.1) is 31.6 Å². The highest BCUT2D eigenvalue weighted by molar-refractivity contribution is 5.94. The van der Waals surface area contributed by atoms with Crippen molar-refractivity contribution in [1.82, 2.24) is 15.2 Å². The number of aryl methyl sites for hydroxylation is 2. The molecule has 2 aliphatic rings. The number of ether oxygens (including phenoxy) is 2. The van der Waals surface area contributed by atoms with E-state index in [9.17, 15) is 14.4 Å². The number of urea groups is 1. The zero-order valence-corrected chi connectivity index (χ0v) is 23.6. The number of aromatic nitrogens is 1. The van der Waals surface area contributed by atoms with Crippen LogP contribution in [0.4, 0.5) is 21.0 Å². The molecule has 0 radical (unpaired) electrons. The zero-order valence-electron chi connectivity index (χ0n) is 23.6. The van der Waals surface area contributed by atoms with Crippen molar-refractivity contribution in [2.75, 3.05) is 17.7 Å². The van der Waals surface area contributed by atoms with Crippen LogP contribution < -0.4 is 20.7 Å². The Morgan fingerprint density at radius 1 is 1.13 bits per heavy atom. The number of fused-ring (bicyclic) bond motifs is 1. The minimum absolute atomic E-state index is 0.00292. The van der Waals surface area contributed by atoms with E-state index in [1.807, 2.05) is 36.9 Å². The van der Waals surface area contributed by atoms with Gasteiger partial charge in [-0.05, 0) is 77.5 Å².